The number of hydrogen-bond acceptors (Lipinski definition) is 1. The normalized spacial score (nSPS) is 18.7. The van der Waals surface area contributed by atoms with Gasteiger partial charge in [0, 0.05) is 16.9 Å². The molecule has 210 valence electrons. The molecule has 2 atom stereocenters. The van der Waals surface area contributed by atoms with Crippen molar-refractivity contribution in [2.45, 2.75) is 32.1 Å². The van der Waals surface area contributed by atoms with E-state index in [4.69, 9.17) is 0 Å². The molecule has 5 aromatic carbocycles. The molecule has 0 saturated carbocycles. The van der Waals surface area contributed by atoms with E-state index in [-0.39, 0.29) is 5.41 Å². The minimum atomic E-state index is -0.282. The summed E-state index contributed by atoms with van der Waals surface area (Å²) in [5, 5.41) is 0. The molecule has 2 aliphatic rings. The van der Waals surface area contributed by atoms with Crippen molar-refractivity contribution in [2.24, 2.45) is 5.92 Å². The van der Waals surface area contributed by atoms with Gasteiger partial charge in [-0.05, 0) is 77.3 Å². The number of nitrogens with zero attached hydrogens (tertiary/aromatic N) is 1. The number of benzene rings is 5. The second-order valence-electron chi connectivity index (χ2n) is 11.6. The molecule has 1 nitrogen and oxygen atoms in total. The van der Waals surface area contributed by atoms with E-state index in [9.17, 15) is 0 Å². The lowest BCUT2D eigenvalue weighted by atomic mass is 9.62. The van der Waals surface area contributed by atoms with Gasteiger partial charge in [-0.1, -0.05) is 146 Å². The van der Waals surface area contributed by atoms with E-state index < -0.39 is 0 Å². The Morgan fingerprint density at radius 1 is 0.721 bits per heavy atom. The first-order chi connectivity index (χ1) is 21.2. The van der Waals surface area contributed by atoms with Crippen LogP contribution in [0.25, 0.3) is 22.3 Å². The molecule has 1 heteroatoms. The number of rotatable bonds is 7. The van der Waals surface area contributed by atoms with Crippen molar-refractivity contribution in [3.63, 3.8) is 0 Å². The predicted molar refractivity (Wildman–Crippen MR) is 183 cm³/mol. The Bertz CT molecular complexity index is 1830. The van der Waals surface area contributed by atoms with Crippen molar-refractivity contribution in [3.05, 3.63) is 180 Å². The molecule has 0 N–H and O–H groups in total. The minimum Gasteiger partial charge on any atom is -0.314 e. The zero-order valence-corrected chi connectivity index (χ0v) is 24.9. The Hall–Kier alpha value is -4.88. The van der Waals surface area contributed by atoms with Gasteiger partial charge in [0.2, 0.25) is 0 Å². The summed E-state index contributed by atoms with van der Waals surface area (Å²) in [6, 6.07) is 46.9. The van der Waals surface area contributed by atoms with E-state index in [1.54, 1.807) is 0 Å². The van der Waals surface area contributed by atoms with E-state index in [0.717, 1.165) is 12.8 Å². The lowest BCUT2D eigenvalue weighted by Gasteiger charge is -2.40. The average molecular weight is 556 g/mol. The van der Waals surface area contributed by atoms with Crippen LogP contribution in [0.3, 0.4) is 0 Å². The van der Waals surface area contributed by atoms with Gasteiger partial charge in [-0.25, -0.2) is 0 Å². The quantitative estimate of drug-likeness (QED) is 0.193. The highest BCUT2D eigenvalue weighted by atomic mass is 15.1. The maximum absolute atomic E-state index is 2.46. The van der Waals surface area contributed by atoms with Gasteiger partial charge in [0.1, 0.15) is 0 Å². The van der Waals surface area contributed by atoms with Crippen LogP contribution in [-0.4, -0.2) is 0 Å². The standard InChI is InChI=1S/C42H37N/c1-3-16-31(2)43(36-29-27-33(28-30-36)32-17-7-4-8-18-32)40-26-15-25-39-41(40)37-23-13-14-24-38(37)42(39,34-19-9-5-10-20-34)35-21-11-6-12-22-35/h4-21,23-30,35H,3,22H2,1-2H3. The number of fused-ring (bicyclic) bond motifs is 3. The SMILES string of the molecule is CCC=C(C)N(c1ccc(-c2ccccc2)cc1)c1cccc2c1-c1ccccc1C2(c1ccccc1)C1C=CC=CC1. The molecule has 0 heterocycles. The summed E-state index contributed by atoms with van der Waals surface area (Å²) >= 11 is 0. The number of anilines is 2. The van der Waals surface area contributed by atoms with Crippen LogP contribution in [0.5, 0.6) is 0 Å². The van der Waals surface area contributed by atoms with Crippen LogP contribution in [0.15, 0.2) is 163 Å². The minimum absolute atomic E-state index is 0.282. The van der Waals surface area contributed by atoms with Gasteiger partial charge in [-0.15, -0.1) is 0 Å². The highest BCUT2D eigenvalue weighted by Crippen LogP contribution is 2.60. The summed E-state index contributed by atoms with van der Waals surface area (Å²) in [4.78, 5) is 2.46. The Morgan fingerprint density at radius 3 is 2.12 bits per heavy atom. The van der Waals surface area contributed by atoms with Crippen molar-refractivity contribution >= 4 is 11.4 Å². The summed E-state index contributed by atoms with van der Waals surface area (Å²) in [6.07, 6.45) is 13.5. The maximum Gasteiger partial charge on any atom is 0.0539 e. The van der Waals surface area contributed by atoms with Gasteiger partial charge in [-0.3, -0.25) is 0 Å². The highest BCUT2D eigenvalue weighted by Gasteiger charge is 2.50. The molecule has 5 aromatic rings. The molecule has 0 saturated heterocycles. The molecule has 0 bridgehead atoms. The highest BCUT2D eigenvalue weighted by molar-refractivity contribution is 5.94. The number of allylic oxidation sites excluding steroid dienone is 6. The Morgan fingerprint density at radius 2 is 1.40 bits per heavy atom. The molecule has 0 spiro atoms. The Labute approximate surface area is 256 Å². The zero-order valence-electron chi connectivity index (χ0n) is 24.9. The Kier molecular flexibility index (Phi) is 7.17. The van der Waals surface area contributed by atoms with Gasteiger partial charge in [0.25, 0.3) is 0 Å². The van der Waals surface area contributed by atoms with Crippen molar-refractivity contribution in [1.29, 1.82) is 0 Å². The van der Waals surface area contributed by atoms with Gasteiger partial charge in [0.15, 0.2) is 0 Å². The fraction of sp³-hybridized carbons (Fsp3) is 0.143. The third-order valence-electron chi connectivity index (χ3n) is 9.18. The topological polar surface area (TPSA) is 3.24 Å². The Balaban J connectivity index is 1.47. The fourth-order valence-electron chi connectivity index (χ4n) is 7.41. The second-order valence-corrected chi connectivity index (χ2v) is 11.6. The van der Waals surface area contributed by atoms with E-state index >= 15 is 0 Å². The second kappa shape index (κ2) is 11.4. The molecule has 2 aliphatic carbocycles. The maximum atomic E-state index is 2.46. The van der Waals surface area contributed by atoms with Crippen LogP contribution in [0.2, 0.25) is 0 Å². The zero-order chi connectivity index (χ0) is 29.2. The van der Waals surface area contributed by atoms with Gasteiger partial charge < -0.3 is 4.90 Å². The van der Waals surface area contributed by atoms with Crippen LogP contribution in [0.4, 0.5) is 11.4 Å². The van der Waals surface area contributed by atoms with E-state index in [2.05, 4.69) is 177 Å². The van der Waals surface area contributed by atoms with Crippen LogP contribution in [-0.2, 0) is 5.41 Å². The molecule has 0 aliphatic heterocycles. The van der Waals surface area contributed by atoms with E-state index in [1.807, 2.05) is 0 Å². The lowest BCUT2D eigenvalue weighted by Crippen LogP contribution is -2.35. The third-order valence-corrected chi connectivity index (χ3v) is 9.18. The summed E-state index contributed by atoms with van der Waals surface area (Å²) < 4.78 is 0. The van der Waals surface area contributed by atoms with Gasteiger partial charge >= 0.3 is 0 Å². The molecule has 0 aromatic heterocycles. The van der Waals surface area contributed by atoms with E-state index in [1.165, 1.54) is 56.0 Å². The van der Waals surface area contributed by atoms with Crippen LogP contribution in [0.1, 0.15) is 43.4 Å². The molecular formula is C42H37N. The van der Waals surface area contributed by atoms with Crippen LogP contribution >= 0.6 is 0 Å². The molecule has 7 rings (SSSR count). The molecule has 0 fully saturated rings. The smallest absolute Gasteiger partial charge is 0.0539 e. The predicted octanol–water partition coefficient (Wildman–Crippen LogP) is 11.3. The lowest BCUT2D eigenvalue weighted by molar-refractivity contribution is 0.457. The summed E-state index contributed by atoms with van der Waals surface area (Å²) in [6.45, 7) is 4.46. The molecule has 0 amide bonds. The average Bonchev–Trinajstić information content (AvgIpc) is 3.38. The largest absolute Gasteiger partial charge is 0.314 e. The van der Waals surface area contributed by atoms with Crippen LogP contribution < -0.4 is 4.90 Å². The fourth-order valence-corrected chi connectivity index (χ4v) is 7.41. The van der Waals surface area contributed by atoms with Crippen molar-refractivity contribution in [1.82, 2.24) is 0 Å². The summed E-state index contributed by atoms with van der Waals surface area (Å²) in [7, 11) is 0. The third kappa shape index (κ3) is 4.48. The van der Waals surface area contributed by atoms with Crippen LogP contribution in [0, 0.1) is 5.92 Å². The number of hydrogen-bond donors (Lipinski definition) is 0. The first-order valence-corrected chi connectivity index (χ1v) is 15.5. The molecule has 2 unspecified atom stereocenters. The van der Waals surface area contributed by atoms with E-state index in [0.29, 0.717) is 5.92 Å². The van der Waals surface area contributed by atoms with Gasteiger partial charge in [-0.2, -0.15) is 0 Å². The molecule has 43 heavy (non-hydrogen) atoms. The van der Waals surface area contributed by atoms with Crippen molar-refractivity contribution < 1.29 is 0 Å². The first-order valence-electron chi connectivity index (χ1n) is 15.5. The first kappa shape index (κ1) is 27.0. The molecular weight excluding hydrogens is 518 g/mol. The summed E-state index contributed by atoms with van der Waals surface area (Å²) in [5.41, 5.74) is 12.6. The van der Waals surface area contributed by atoms with Crippen molar-refractivity contribution in [3.8, 4) is 22.3 Å². The monoisotopic (exact) mass is 555 g/mol. The van der Waals surface area contributed by atoms with Gasteiger partial charge in [0.05, 0.1) is 11.1 Å². The summed E-state index contributed by atoms with van der Waals surface area (Å²) in [5.74, 6) is 0.309. The molecule has 0 radical (unpaired) electrons. The van der Waals surface area contributed by atoms with Crippen molar-refractivity contribution in [2.75, 3.05) is 4.90 Å².